The number of carbonyl (C=O) groups excluding carboxylic acids is 1. The zero-order chi connectivity index (χ0) is 15.4. The Labute approximate surface area is 138 Å². The lowest BCUT2D eigenvalue weighted by Crippen LogP contribution is -2.42. The van der Waals surface area contributed by atoms with Crippen molar-refractivity contribution in [1.29, 1.82) is 0 Å². The van der Waals surface area contributed by atoms with Crippen LogP contribution >= 0.6 is 24.0 Å². The van der Waals surface area contributed by atoms with Gasteiger partial charge < -0.3 is 10.4 Å². The Kier molecular flexibility index (Phi) is 7.06. The number of hydrogen-bond acceptors (Lipinski definition) is 3. The molecule has 0 aliphatic carbocycles. The van der Waals surface area contributed by atoms with Gasteiger partial charge in [0.1, 0.15) is 5.82 Å². The molecule has 0 saturated carbocycles. The van der Waals surface area contributed by atoms with E-state index in [2.05, 4.69) is 5.32 Å². The third-order valence-corrected chi connectivity index (χ3v) is 3.74. The van der Waals surface area contributed by atoms with Crippen molar-refractivity contribution in [2.24, 2.45) is 5.92 Å². The van der Waals surface area contributed by atoms with Gasteiger partial charge in [-0.1, -0.05) is 11.6 Å². The minimum atomic E-state index is -0.832. The first-order valence-electron chi connectivity index (χ1n) is 6.66. The molecule has 1 fully saturated rings. The highest BCUT2D eigenvalue weighted by Gasteiger charge is 2.26. The Hall–Kier alpha value is -1.37. The van der Waals surface area contributed by atoms with Crippen molar-refractivity contribution in [3.63, 3.8) is 0 Å². The lowest BCUT2D eigenvalue weighted by molar-refractivity contribution is -0.144. The normalized spacial score (nSPS) is 18.4. The molecular weight excluding hydrogens is 334 g/mol. The highest BCUT2D eigenvalue weighted by Crippen LogP contribution is 2.22. The highest BCUT2D eigenvalue weighted by molar-refractivity contribution is 6.33. The Morgan fingerprint density at radius 3 is 2.82 bits per heavy atom. The molecule has 1 aliphatic heterocycles. The van der Waals surface area contributed by atoms with Gasteiger partial charge in [-0.15, -0.1) is 12.4 Å². The molecule has 8 heteroatoms. The van der Waals surface area contributed by atoms with Crippen LogP contribution in [0, 0.1) is 11.7 Å². The Morgan fingerprint density at radius 2 is 2.18 bits per heavy atom. The molecule has 1 heterocycles. The lowest BCUT2D eigenvalue weighted by atomic mass is 9.98. The van der Waals surface area contributed by atoms with Crippen molar-refractivity contribution in [2.75, 3.05) is 25.0 Å². The molecule has 2 N–H and O–H groups in total. The van der Waals surface area contributed by atoms with E-state index in [0.717, 1.165) is 12.5 Å². The fraction of sp³-hybridized carbons (Fsp3) is 0.429. The number of carboxylic acids is 1. The van der Waals surface area contributed by atoms with Crippen molar-refractivity contribution in [2.45, 2.75) is 12.8 Å². The predicted octanol–water partition coefficient (Wildman–Crippen LogP) is 2.64. The Morgan fingerprint density at radius 1 is 1.45 bits per heavy atom. The number of rotatable bonds is 4. The lowest BCUT2D eigenvalue weighted by Gasteiger charge is -2.29. The van der Waals surface area contributed by atoms with Gasteiger partial charge in [0.05, 0.1) is 23.2 Å². The smallest absolute Gasteiger partial charge is 0.307 e. The third kappa shape index (κ3) is 5.12. The van der Waals surface area contributed by atoms with Gasteiger partial charge in [-0.05, 0) is 37.6 Å². The van der Waals surface area contributed by atoms with Gasteiger partial charge >= 0.3 is 5.97 Å². The number of halogens is 3. The fourth-order valence-corrected chi connectivity index (χ4v) is 2.60. The van der Waals surface area contributed by atoms with Crippen LogP contribution in [0.2, 0.25) is 5.02 Å². The van der Waals surface area contributed by atoms with Crippen LogP contribution in [0.1, 0.15) is 12.8 Å². The summed E-state index contributed by atoms with van der Waals surface area (Å²) >= 11 is 5.84. The van der Waals surface area contributed by atoms with Gasteiger partial charge in [-0.2, -0.15) is 0 Å². The van der Waals surface area contributed by atoms with Gasteiger partial charge in [-0.3, -0.25) is 14.5 Å². The molecule has 1 aromatic rings. The summed E-state index contributed by atoms with van der Waals surface area (Å²) in [6.07, 6.45) is 1.39. The van der Waals surface area contributed by atoms with Crippen molar-refractivity contribution in [1.82, 2.24) is 4.90 Å². The number of nitrogens with one attached hydrogen (secondary N) is 1. The number of carboxylic acid groups (broad SMARTS) is 1. The minimum absolute atomic E-state index is 0. The monoisotopic (exact) mass is 350 g/mol. The quantitative estimate of drug-likeness (QED) is 0.875. The Balaban J connectivity index is 0.00000242. The van der Waals surface area contributed by atoms with E-state index in [1.54, 1.807) is 4.90 Å². The molecule has 1 aromatic carbocycles. The SMILES string of the molecule is Cl.O=C(CN1CCCC(C(=O)O)C1)Nc1ccc(F)cc1Cl. The van der Waals surface area contributed by atoms with Gasteiger partial charge in [0.15, 0.2) is 0 Å². The molecule has 0 aromatic heterocycles. The second kappa shape index (κ2) is 8.31. The molecule has 5 nitrogen and oxygen atoms in total. The summed E-state index contributed by atoms with van der Waals surface area (Å²) in [6, 6.07) is 3.73. The molecule has 22 heavy (non-hydrogen) atoms. The molecule has 1 saturated heterocycles. The number of carbonyl (C=O) groups is 2. The first kappa shape index (κ1) is 18.7. The largest absolute Gasteiger partial charge is 0.481 e. The number of likely N-dealkylation sites (tertiary alicyclic amines) is 1. The number of piperidine rings is 1. The second-order valence-electron chi connectivity index (χ2n) is 5.08. The number of aliphatic carboxylic acids is 1. The standard InChI is InChI=1S/C14H16ClFN2O3.ClH/c15-11-6-10(16)3-4-12(11)17-13(19)8-18-5-1-2-9(7-18)14(20)21;/h3-4,6,9H,1-2,5,7-8H2,(H,17,19)(H,20,21);1H. The van der Waals surface area contributed by atoms with Crippen LogP contribution in [-0.4, -0.2) is 41.5 Å². The van der Waals surface area contributed by atoms with Gasteiger partial charge in [-0.25, -0.2) is 4.39 Å². The van der Waals surface area contributed by atoms with Crippen LogP contribution < -0.4 is 5.32 Å². The van der Waals surface area contributed by atoms with Crippen molar-refractivity contribution in [3.8, 4) is 0 Å². The first-order chi connectivity index (χ1) is 9.95. The third-order valence-electron chi connectivity index (χ3n) is 3.43. The van der Waals surface area contributed by atoms with Gasteiger partial charge in [0.2, 0.25) is 5.91 Å². The topological polar surface area (TPSA) is 69.6 Å². The van der Waals surface area contributed by atoms with E-state index in [-0.39, 0.29) is 29.9 Å². The second-order valence-corrected chi connectivity index (χ2v) is 5.49. The van der Waals surface area contributed by atoms with E-state index in [9.17, 15) is 14.0 Å². The number of hydrogen-bond donors (Lipinski definition) is 2. The summed E-state index contributed by atoms with van der Waals surface area (Å²) in [6.45, 7) is 1.14. The van der Waals surface area contributed by atoms with Gasteiger partial charge in [0, 0.05) is 6.54 Å². The first-order valence-corrected chi connectivity index (χ1v) is 7.03. The van der Waals surface area contributed by atoms with E-state index < -0.39 is 17.7 Å². The molecule has 1 amide bonds. The van der Waals surface area contributed by atoms with E-state index in [1.165, 1.54) is 12.1 Å². The summed E-state index contributed by atoms with van der Waals surface area (Å²) in [5.74, 6) is -2.03. The summed E-state index contributed by atoms with van der Waals surface area (Å²) in [5.41, 5.74) is 0.342. The minimum Gasteiger partial charge on any atom is -0.481 e. The molecular formula is C14H17Cl2FN2O3. The highest BCUT2D eigenvalue weighted by atomic mass is 35.5. The van der Waals surface area contributed by atoms with Crippen LogP contribution in [-0.2, 0) is 9.59 Å². The van der Waals surface area contributed by atoms with E-state index in [0.29, 0.717) is 25.2 Å². The van der Waals surface area contributed by atoms with Crippen LogP contribution in [0.5, 0.6) is 0 Å². The average molecular weight is 351 g/mol. The molecule has 2 rings (SSSR count). The fourth-order valence-electron chi connectivity index (χ4n) is 2.38. The summed E-state index contributed by atoms with van der Waals surface area (Å²) < 4.78 is 12.9. The zero-order valence-electron chi connectivity index (χ0n) is 11.7. The molecule has 0 bridgehead atoms. The average Bonchev–Trinajstić information content (AvgIpc) is 2.42. The summed E-state index contributed by atoms with van der Waals surface area (Å²) in [5, 5.41) is 11.7. The molecule has 0 spiro atoms. The van der Waals surface area contributed by atoms with E-state index in [4.69, 9.17) is 16.7 Å². The summed E-state index contributed by atoms with van der Waals surface area (Å²) in [7, 11) is 0. The maximum Gasteiger partial charge on any atom is 0.307 e. The molecule has 0 radical (unpaired) electrons. The van der Waals surface area contributed by atoms with Crippen LogP contribution in [0.4, 0.5) is 10.1 Å². The van der Waals surface area contributed by atoms with Crippen LogP contribution in [0.3, 0.4) is 0 Å². The maximum absolute atomic E-state index is 12.9. The van der Waals surface area contributed by atoms with Crippen LogP contribution in [0.25, 0.3) is 0 Å². The van der Waals surface area contributed by atoms with Gasteiger partial charge in [0.25, 0.3) is 0 Å². The number of anilines is 1. The van der Waals surface area contributed by atoms with Crippen molar-refractivity contribution >= 4 is 41.6 Å². The van der Waals surface area contributed by atoms with Crippen molar-refractivity contribution < 1.29 is 19.1 Å². The van der Waals surface area contributed by atoms with E-state index >= 15 is 0 Å². The number of amides is 1. The number of benzene rings is 1. The molecule has 1 aliphatic rings. The zero-order valence-corrected chi connectivity index (χ0v) is 13.3. The van der Waals surface area contributed by atoms with E-state index in [1.807, 2.05) is 0 Å². The van der Waals surface area contributed by atoms with Crippen molar-refractivity contribution in [3.05, 3.63) is 29.0 Å². The molecule has 1 unspecified atom stereocenters. The molecule has 1 atom stereocenters. The Bertz CT molecular complexity index is 557. The van der Waals surface area contributed by atoms with Crippen LogP contribution in [0.15, 0.2) is 18.2 Å². The maximum atomic E-state index is 12.9. The summed E-state index contributed by atoms with van der Waals surface area (Å²) in [4.78, 5) is 24.7. The molecule has 122 valence electrons. The number of nitrogens with zero attached hydrogens (tertiary/aromatic N) is 1. The predicted molar refractivity (Wildman–Crippen MR) is 84.1 cm³/mol.